The van der Waals surface area contributed by atoms with E-state index in [9.17, 15) is 14.4 Å². The molecule has 1 aromatic carbocycles. The molecule has 9 heteroatoms. The average Bonchev–Trinajstić information content (AvgIpc) is 3.09. The molecule has 0 radical (unpaired) electrons. The van der Waals surface area contributed by atoms with Crippen LogP contribution in [0.15, 0.2) is 33.9 Å². The number of ether oxygens (including phenoxy) is 1. The van der Waals surface area contributed by atoms with Gasteiger partial charge in [-0.25, -0.2) is 4.79 Å². The fraction of sp³-hybridized carbons (Fsp3) is 0.368. The van der Waals surface area contributed by atoms with Gasteiger partial charge >= 0.3 is 5.69 Å². The third-order valence-electron chi connectivity index (χ3n) is 4.98. The molecule has 0 bridgehead atoms. The summed E-state index contributed by atoms with van der Waals surface area (Å²) in [6.07, 6.45) is 0.819. The second-order valence-electron chi connectivity index (χ2n) is 6.87. The molecule has 1 aliphatic heterocycles. The maximum Gasteiger partial charge on any atom is 0.332 e. The number of aromatic nitrogens is 4. The Balaban J connectivity index is 1.94. The summed E-state index contributed by atoms with van der Waals surface area (Å²) in [6, 6.07) is 7.60. The molecule has 0 amide bonds. The number of carbonyl (C=O) groups is 1. The normalized spacial score (nSPS) is 13.6. The number of benzene rings is 1. The lowest BCUT2D eigenvalue weighted by Gasteiger charge is -2.29. The number of methoxy groups -OCH3 is 1. The smallest absolute Gasteiger partial charge is 0.332 e. The zero-order valence-electron chi connectivity index (χ0n) is 16.0. The van der Waals surface area contributed by atoms with Gasteiger partial charge in [0.2, 0.25) is 5.95 Å². The Morgan fingerprint density at radius 2 is 1.89 bits per heavy atom. The maximum absolute atomic E-state index is 13.0. The Kier molecular flexibility index (Phi) is 4.29. The Morgan fingerprint density at radius 3 is 2.54 bits per heavy atom. The number of aryl methyl sites for hydroxylation is 2. The molecular weight excluding hydrogens is 362 g/mol. The summed E-state index contributed by atoms with van der Waals surface area (Å²) >= 11 is 0. The molecule has 0 unspecified atom stereocenters. The predicted molar refractivity (Wildman–Crippen MR) is 105 cm³/mol. The molecule has 0 atom stereocenters. The molecule has 146 valence electrons. The number of hydrogen-bond acceptors (Lipinski definition) is 6. The second kappa shape index (κ2) is 6.66. The Hall–Kier alpha value is -3.36. The van der Waals surface area contributed by atoms with E-state index in [1.165, 1.54) is 11.5 Å². The van der Waals surface area contributed by atoms with E-state index in [0.29, 0.717) is 23.7 Å². The van der Waals surface area contributed by atoms with Gasteiger partial charge in [-0.05, 0) is 37.6 Å². The highest BCUT2D eigenvalue weighted by Gasteiger charge is 2.27. The van der Waals surface area contributed by atoms with Crippen LogP contribution in [-0.2, 0) is 24.9 Å². The maximum atomic E-state index is 13.0. The Labute approximate surface area is 160 Å². The molecule has 0 saturated heterocycles. The van der Waals surface area contributed by atoms with E-state index < -0.39 is 11.2 Å². The van der Waals surface area contributed by atoms with Crippen molar-refractivity contribution >= 4 is 28.6 Å². The largest absolute Gasteiger partial charge is 0.497 e. The van der Waals surface area contributed by atoms with E-state index >= 15 is 0 Å². The number of hydrogen-bond donors (Lipinski definition) is 0. The highest BCUT2D eigenvalue weighted by atomic mass is 16.5. The number of rotatable bonds is 4. The van der Waals surface area contributed by atoms with Gasteiger partial charge in [-0.2, -0.15) is 4.98 Å². The lowest BCUT2D eigenvalue weighted by molar-refractivity contribution is -0.117. The molecule has 4 rings (SSSR count). The highest BCUT2D eigenvalue weighted by molar-refractivity contribution is 5.78. The third-order valence-corrected chi connectivity index (χ3v) is 4.98. The molecule has 28 heavy (non-hydrogen) atoms. The number of Topliss-reactive ketones (excluding diaryl/α,β-unsaturated/α-hetero) is 1. The highest BCUT2D eigenvalue weighted by Crippen LogP contribution is 2.31. The van der Waals surface area contributed by atoms with Crippen molar-refractivity contribution in [3.8, 4) is 5.75 Å². The molecule has 0 spiro atoms. The number of fused-ring (bicyclic) bond motifs is 3. The summed E-state index contributed by atoms with van der Waals surface area (Å²) < 4.78 is 9.36. The molecule has 9 nitrogen and oxygen atoms in total. The molecule has 0 aliphatic carbocycles. The van der Waals surface area contributed by atoms with Crippen LogP contribution < -0.4 is 20.9 Å². The van der Waals surface area contributed by atoms with Crippen molar-refractivity contribution in [2.75, 3.05) is 18.6 Å². The lowest BCUT2D eigenvalue weighted by atomic mass is 10.2. The van der Waals surface area contributed by atoms with E-state index in [2.05, 4.69) is 4.98 Å². The van der Waals surface area contributed by atoms with Crippen LogP contribution in [0.1, 0.15) is 13.3 Å². The van der Waals surface area contributed by atoms with Gasteiger partial charge in [-0.15, -0.1) is 0 Å². The van der Waals surface area contributed by atoms with Crippen molar-refractivity contribution in [1.29, 1.82) is 0 Å². The first-order valence-electron chi connectivity index (χ1n) is 9.03. The van der Waals surface area contributed by atoms with E-state index in [1.54, 1.807) is 14.2 Å². The Bertz CT molecular complexity index is 1190. The van der Waals surface area contributed by atoms with E-state index in [0.717, 1.165) is 29.0 Å². The second-order valence-corrected chi connectivity index (χ2v) is 6.87. The van der Waals surface area contributed by atoms with E-state index in [-0.39, 0.29) is 12.3 Å². The zero-order valence-corrected chi connectivity index (χ0v) is 16.0. The number of anilines is 2. The van der Waals surface area contributed by atoms with Crippen LogP contribution in [-0.4, -0.2) is 38.1 Å². The van der Waals surface area contributed by atoms with Gasteiger partial charge in [0.1, 0.15) is 11.5 Å². The first-order valence-corrected chi connectivity index (χ1v) is 9.03. The minimum atomic E-state index is -0.542. The number of nitrogens with zero attached hydrogens (tertiary/aromatic N) is 5. The minimum absolute atomic E-state index is 0.246. The van der Waals surface area contributed by atoms with Gasteiger partial charge in [0.15, 0.2) is 11.2 Å². The van der Waals surface area contributed by atoms with Crippen molar-refractivity contribution in [3.05, 3.63) is 45.1 Å². The molecule has 2 aromatic heterocycles. The van der Waals surface area contributed by atoms with Gasteiger partial charge in [-0.1, -0.05) is 0 Å². The molecular formula is C19H21N5O4. The van der Waals surface area contributed by atoms with Crippen LogP contribution in [0.2, 0.25) is 0 Å². The van der Waals surface area contributed by atoms with Crippen LogP contribution >= 0.6 is 0 Å². The van der Waals surface area contributed by atoms with Gasteiger partial charge in [0, 0.05) is 25.8 Å². The van der Waals surface area contributed by atoms with Crippen molar-refractivity contribution in [3.63, 3.8) is 0 Å². The van der Waals surface area contributed by atoms with Crippen molar-refractivity contribution in [2.24, 2.45) is 7.05 Å². The molecule has 0 fully saturated rings. The van der Waals surface area contributed by atoms with Gasteiger partial charge in [0.05, 0.1) is 13.7 Å². The van der Waals surface area contributed by atoms with Gasteiger partial charge < -0.3 is 14.2 Å². The van der Waals surface area contributed by atoms with Crippen LogP contribution in [0.25, 0.3) is 11.2 Å². The van der Waals surface area contributed by atoms with Crippen molar-refractivity contribution in [2.45, 2.75) is 26.4 Å². The zero-order chi connectivity index (χ0) is 20.0. The van der Waals surface area contributed by atoms with Crippen LogP contribution in [0.4, 0.5) is 11.6 Å². The summed E-state index contributed by atoms with van der Waals surface area (Å²) in [6.45, 7) is 2.47. The predicted octanol–water partition coefficient (Wildman–Crippen LogP) is 1.04. The van der Waals surface area contributed by atoms with Crippen LogP contribution in [0, 0.1) is 0 Å². The summed E-state index contributed by atoms with van der Waals surface area (Å²) in [5.74, 6) is 1.11. The van der Waals surface area contributed by atoms with E-state index in [1.807, 2.05) is 33.7 Å². The first kappa shape index (κ1) is 18.0. The molecule has 3 heterocycles. The minimum Gasteiger partial charge on any atom is -0.497 e. The van der Waals surface area contributed by atoms with Gasteiger partial charge in [0.25, 0.3) is 5.56 Å². The quantitative estimate of drug-likeness (QED) is 0.668. The standard InChI is InChI=1S/C19H21N5O4/c1-12(25)11-24-17(26)15-16(21(2)19(24)27)20-18-22(9-4-10-23(15)18)13-5-7-14(28-3)8-6-13/h5-8H,4,9-11H2,1-3H3. The summed E-state index contributed by atoms with van der Waals surface area (Å²) in [5.41, 5.74) is 0.565. The fourth-order valence-corrected chi connectivity index (χ4v) is 3.63. The summed E-state index contributed by atoms with van der Waals surface area (Å²) in [7, 11) is 3.18. The fourth-order valence-electron chi connectivity index (χ4n) is 3.63. The lowest BCUT2D eigenvalue weighted by Crippen LogP contribution is -2.41. The molecule has 3 aromatic rings. The summed E-state index contributed by atoms with van der Waals surface area (Å²) in [4.78, 5) is 43.7. The monoisotopic (exact) mass is 383 g/mol. The molecule has 0 N–H and O–H groups in total. The Morgan fingerprint density at radius 1 is 1.18 bits per heavy atom. The number of imidazole rings is 1. The average molecular weight is 383 g/mol. The van der Waals surface area contributed by atoms with Gasteiger partial charge in [-0.3, -0.25) is 18.7 Å². The van der Waals surface area contributed by atoms with Crippen LogP contribution in [0.3, 0.4) is 0 Å². The van der Waals surface area contributed by atoms with Crippen molar-refractivity contribution < 1.29 is 9.53 Å². The first-order chi connectivity index (χ1) is 13.4. The third kappa shape index (κ3) is 2.70. The van der Waals surface area contributed by atoms with Crippen LogP contribution in [0.5, 0.6) is 5.75 Å². The SMILES string of the molecule is COc1ccc(N2CCCn3c2nc2c3c(=O)n(CC(C)=O)c(=O)n2C)cc1. The topological polar surface area (TPSA) is 91.4 Å². The number of carbonyl (C=O) groups excluding carboxylic acids is 1. The number of ketones is 1. The molecule has 1 aliphatic rings. The summed E-state index contributed by atoms with van der Waals surface area (Å²) in [5, 5.41) is 0. The molecule has 0 saturated carbocycles. The van der Waals surface area contributed by atoms with Crippen molar-refractivity contribution in [1.82, 2.24) is 18.7 Å². The van der Waals surface area contributed by atoms with E-state index in [4.69, 9.17) is 4.74 Å².